The number of benzene rings is 1. The molecule has 2 N–H and O–H groups in total. The number of halogens is 2. The lowest BCUT2D eigenvalue weighted by atomic mass is 10.1. The average molecular weight is 306 g/mol. The highest BCUT2D eigenvalue weighted by Crippen LogP contribution is 2.23. The normalized spacial score (nSPS) is 12.2. The number of rotatable bonds is 7. The summed E-state index contributed by atoms with van der Waals surface area (Å²) in [6, 6.07) is 4.56. The van der Waals surface area contributed by atoms with Crippen LogP contribution < -0.4 is 5.32 Å². The minimum Gasteiger partial charge on any atom is -0.382 e. The monoisotopic (exact) mass is 305 g/mol. The molecule has 0 bridgehead atoms. The van der Waals surface area contributed by atoms with Gasteiger partial charge in [0.15, 0.2) is 6.10 Å². The van der Waals surface area contributed by atoms with Gasteiger partial charge in [0.05, 0.1) is 0 Å². The predicted molar refractivity (Wildman–Crippen MR) is 75.5 cm³/mol. The van der Waals surface area contributed by atoms with Gasteiger partial charge in [-0.25, -0.2) is 0 Å². The molecule has 1 unspecified atom stereocenters. The molecule has 4 nitrogen and oxygen atoms in total. The van der Waals surface area contributed by atoms with Crippen LogP contribution in [0.2, 0.25) is 10.0 Å². The Balaban J connectivity index is 2.47. The first kappa shape index (κ1) is 16.2. The van der Waals surface area contributed by atoms with Crippen LogP contribution in [0.25, 0.3) is 0 Å². The summed E-state index contributed by atoms with van der Waals surface area (Å²) in [4.78, 5) is 11.7. The van der Waals surface area contributed by atoms with Gasteiger partial charge in [0.1, 0.15) is 0 Å². The maximum absolute atomic E-state index is 11.7. The summed E-state index contributed by atoms with van der Waals surface area (Å²) in [5.74, 6) is -0.477. The Hall–Kier alpha value is -0.810. The molecule has 0 heterocycles. The van der Waals surface area contributed by atoms with E-state index in [2.05, 4.69) is 5.32 Å². The molecule has 1 atom stereocenters. The van der Waals surface area contributed by atoms with E-state index < -0.39 is 12.0 Å². The maximum atomic E-state index is 11.7. The van der Waals surface area contributed by atoms with Crippen LogP contribution in [0.1, 0.15) is 25.0 Å². The fourth-order valence-electron chi connectivity index (χ4n) is 1.51. The Bertz CT molecular complexity index is 406. The van der Waals surface area contributed by atoms with Crippen molar-refractivity contribution in [2.24, 2.45) is 0 Å². The van der Waals surface area contributed by atoms with E-state index in [0.29, 0.717) is 41.8 Å². The minimum atomic E-state index is -1.27. The van der Waals surface area contributed by atoms with Crippen LogP contribution in [0.3, 0.4) is 0 Å². The lowest BCUT2D eigenvalue weighted by Gasteiger charge is -2.12. The van der Waals surface area contributed by atoms with Crippen LogP contribution in [-0.4, -0.2) is 30.8 Å². The first-order valence-corrected chi connectivity index (χ1v) is 6.79. The zero-order valence-corrected chi connectivity index (χ0v) is 12.2. The van der Waals surface area contributed by atoms with Crippen molar-refractivity contribution in [3.8, 4) is 0 Å². The number of amides is 1. The number of hydrogen-bond donors (Lipinski definition) is 2. The molecule has 0 aliphatic rings. The molecule has 0 saturated heterocycles. The van der Waals surface area contributed by atoms with E-state index in [1.54, 1.807) is 6.07 Å². The molecule has 106 valence electrons. The van der Waals surface area contributed by atoms with Gasteiger partial charge in [0.2, 0.25) is 0 Å². The summed E-state index contributed by atoms with van der Waals surface area (Å²) in [6.07, 6.45) is -0.578. The Morgan fingerprint density at radius 3 is 2.58 bits per heavy atom. The lowest BCUT2D eigenvalue weighted by molar-refractivity contribution is -0.129. The SMILES string of the molecule is CCOCCCNC(=O)C(O)c1cc(Cl)cc(Cl)c1. The number of aliphatic hydroxyl groups is 1. The molecule has 19 heavy (non-hydrogen) atoms. The molecule has 0 fully saturated rings. The number of nitrogens with one attached hydrogen (secondary N) is 1. The van der Waals surface area contributed by atoms with Crippen molar-refractivity contribution in [2.75, 3.05) is 19.8 Å². The predicted octanol–water partition coefficient (Wildman–Crippen LogP) is 2.57. The third-order valence-corrected chi connectivity index (χ3v) is 2.85. The second kappa shape index (κ2) is 8.38. The van der Waals surface area contributed by atoms with Crippen molar-refractivity contribution < 1.29 is 14.6 Å². The highest BCUT2D eigenvalue weighted by Gasteiger charge is 2.17. The second-order valence-corrected chi connectivity index (χ2v) is 4.82. The van der Waals surface area contributed by atoms with E-state index in [0.717, 1.165) is 0 Å². The number of ether oxygens (including phenoxy) is 1. The Labute approximate surface area is 122 Å². The highest BCUT2D eigenvalue weighted by atomic mass is 35.5. The fourth-order valence-corrected chi connectivity index (χ4v) is 2.05. The zero-order chi connectivity index (χ0) is 14.3. The third-order valence-electron chi connectivity index (χ3n) is 2.42. The standard InChI is InChI=1S/C13H17Cl2NO3/c1-2-19-5-3-4-16-13(18)12(17)9-6-10(14)8-11(15)7-9/h6-8,12,17H,2-5H2,1H3,(H,16,18). The molecule has 0 radical (unpaired) electrons. The van der Waals surface area contributed by atoms with E-state index in [-0.39, 0.29) is 0 Å². The van der Waals surface area contributed by atoms with Crippen LogP contribution in [0, 0.1) is 0 Å². The van der Waals surface area contributed by atoms with Gasteiger partial charge < -0.3 is 15.2 Å². The molecule has 0 aliphatic carbocycles. The van der Waals surface area contributed by atoms with Crippen molar-refractivity contribution in [3.63, 3.8) is 0 Å². The highest BCUT2D eigenvalue weighted by molar-refractivity contribution is 6.34. The average Bonchev–Trinajstić information content (AvgIpc) is 2.36. The molecule has 0 spiro atoms. The summed E-state index contributed by atoms with van der Waals surface area (Å²) in [7, 11) is 0. The van der Waals surface area contributed by atoms with Gasteiger partial charge in [-0.15, -0.1) is 0 Å². The molecular weight excluding hydrogens is 289 g/mol. The van der Waals surface area contributed by atoms with Gasteiger partial charge in [0.25, 0.3) is 5.91 Å². The summed E-state index contributed by atoms with van der Waals surface area (Å²) in [6.45, 7) is 3.59. The van der Waals surface area contributed by atoms with Crippen LogP contribution in [0.15, 0.2) is 18.2 Å². The number of carbonyl (C=O) groups is 1. The van der Waals surface area contributed by atoms with Crippen LogP contribution in [-0.2, 0) is 9.53 Å². The van der Waals surface area contributed by atoms with E-state index in [4.69, 9.17) is 27.9 Å². The van der Waals surface area contributed by atoms with Crippen LogP contribution >= 0.6 is 23.2 Å². The zero-order valence-electron chi connectivity index (χ0n) is 10.7. The first-order chi connectivity index (χ1) is 9.04. The Morgan fingerprint density at radius 2 is 2.00 bits per heavy atom. The molecular formula is C13H17Cl2NO3. The van der Waals surface area contributed by atoms with Crippen LogP contribution in [0.5, 0.6) is 0 Å². The first-order valence-electron chi connectivity index (χ1n) is 6.04. The van der Waals surface area contributed by atoms with Gasteiger partial charge in [-0.3, -0.25) is 4.79 Å². The van der Waals surface area contributed by atoms with Crippen molar-refractivity contribution in [1.82, 2.24) is 5.32 Å². The topological polar surface area (TPSA) is 58.6 Å². The Kier molecular flexibility index (Phi) is 7.16. The number of hydrogen-bond acceptors (Lipinski definition) is 3. The molecule has 1 aromatic rings. The molecule has 0 saturated carbocycles. The van der Waals surface area contributed by atoms with Crippen molar-refractivity contribution in [1.29, 1.82) is 0 Å². The van der Waals surface area contributed by atoms with E-state index >= 15 is 0 Å². The molecule has 0 aliphatic heterocycles. The molecule has 1 aromatic carbocycles. The molecule has 0 aromatic heterocycles. The van der Waals surface area contributed by atoms with Gasteiger partial charge in [0, 0.05) is 29.8 Å². The minimum absolute atomic E-state index is 0.375. The second-order valence-electron chi connectivity index (χ2n) is 3.95. The Morgan fingerprint density at radius 1 is 1.37 bits per heavy atom. The quantitative estimate of drug-likeness (QED) is 0.761. The van der Waals surface area contributed by atoms with Crippen molar-refractivity contribution in [2.45, 2.75) is 19.4 Å². The van der Waals surface area contributed by atoms with Crippen molar-refractivity contribution in [3.05, 3.63) is 33.8 Å². The third kappa shape index (κ3) is 5.78. The van der Waals surface area contributed by atoms with E-state index in [1.807, 2.05) is 6.92 Å². The molecule has 1 rings (SSSR count). The summed E-state index contributed by atoms with van der Waals surface area (Å²) in [5.41, 5.74) is 0.375. The van der Waals surface area contributed by atoms with Gasteiger partial charge in [-0.2, -0.15) is 0 Å². The fraction of sp³-hybridized carbons (Fsp3) is 0.462. The van der Waals surface area contributed by atoms with Crippen LogP contribution in [0.4, 0.5) is 0 Å². The number of aliphatic hydroxyl groups excluding tert-OH is 1. The van der Waals surface area contributed by atoms with Crippen molar-refractivity contribution >= 4 is 29.1 Å². The summed E-state index contributed by atoms with van der Waals surface area (Å²) < 4.78 is 5.14. The summed E-state index contributed by atoms with van der Waals surface area (Å²) in [5, 5.41) is 13.3. The van der Waals surface area contributed by atoms with Gasteiger partial charge in [-0.05, 0) is 37.1 Å². The number of carbonyl (C=O) groups excluding carboxylic acids is 1. The largest absolute Gasteiger partial charge is 0.382 e. The maximum Gasteiger partial charge on any atom is 0.253 e. The van der Waals surface area contributed by atoms with Gasteiger partial charge in [-0.1, -0.05) is 23.2 Å². The van der Waals surface area contributed by atoms with E-state index in [9.17, 15) is 9.90 Å². The van der Waals surface area contributed by atoms with E-state index in [1.165, 1.54) is 12.1 Å². The smallest absolute Gasteiger partial charge is 0.253 e. The molecule has 1 amide bonds. The summed E-state index contributed by atoms with van der Waals surface area (Å²) >= 11 is 11.6. The lowest BCUT2D eigenvalue weighted by Crippen LogP contribution is -2.30. The van der Waals surface area contributed by atoms with Gasteiger partial charge >= 0.3 is 0 Å². The molecule has 6 heteroatoms.